The topological polar surface area (TPSA) is 0 Å². The summed E-state index contributed by atoms with van der Waals surface area (Å²) in [5.41, 5.74) is 4.41. The molecule has 17 heavy (non-hydrogen) atoms. The molecular weight excluding hydrogens is 202 g/mol. The Morgan fingerprint density at radius 3 is 1.76 bits per heavy atom. The fraction of sp³-hybridized carbons (Fsp3) is 0.600. The summed E-state index contributed by atoms with van der Waals surface area (Å²) in [7, 11) is 2.32. The van der Waals surface area contributed by atoms with Gasteiger partial charge in [-0.25, -0.2) is 0 Å². The van der Waals surface area contributed by atoms with Gasteiger partial charge in [-0.15, -0.1) is 0 Å². The van der Waals surface area contributed by atoms with Gasteiger partial charge in [0.2, 0.25) is 0 Å². The van der Waals surface area contributed by atoms with Crippen LogP contribution in [-0.4, -0.2) is 14.6 Å². The minimum atomic E-state index is 0.371. The predicted octanol–water partition coefficient (Wildman–Crippen LogP) is 2.56. The van der Waals surface area contributed by atoms with Crippen molar-refractivity contribution in [2.45, 2.75) is 59.1 Å². The number of hydrogen-bond donors (Lipinski definition) is 0. The Hall–Kier alpha value is -0.650. The van der Waals surface area contributed by atoms with E-state index in [1.54, 1.807) is 0 Å². The zero-order chi connectivity index (χ0) is 13.3. The SMILES string of the molecule is Cc1cc(BC(C)(C)C)ccc1BC(C)(C)C. The van der Waals surface area contributed by atoms with Gasteiger partial charge in [0.25, 0.3) is 0 Å². The summed E-state index contributed by atoms with van der Waals surface area (Å²) in [5.74, 6) is 0. The van der Waals surface area contributed by atoms with Crippen molar-refractivity contribution < 1.29 is 0 Å². The standard InChI is InChI=1S/C15H26B2/c1-11-10-12(16-14(2,3)4)8-9-13(11)17-15(5,6)7/h8-10,16-17H,1-7H3. The molecule has 0 nitrogen and oxygen atoms in total. The molecule has 0 unspecified atom stereocenters. The van der Waals surface area contributed by atoms with Crippen LogP contribution in [0.3, 0.4) is 0 Å². The summed E-state index contributed by atoms with van der Waals surface area (Å²) in [5, 5.41) is 0.744. The van der Waals surface area contributed by atoms with E-state index < -0.39 is 0 Å². The van der Waals surface area contributed by atoms with Crippen LogP contribution in [0.4, 0.5) is 0 Å². The van der Waals surface area contributed by atoms with Crippen LogP contribution in [0.2, 0.25) is 10.6 Å². The first-order chi connectivity index (χ1) is 7.57. The molecule has 0 saturated carbocycles. The Bertz CT molecular complexity index is 381. The molecular formula is C15H26B2. The molecule has 0 heterocycles. The molecule has 2 heteroatoms. The van der Waals surface area contributed by atoms with Crippen LogP contribution in [0.15, 0.2) is 18.2 Å². The Morgan fingerprint density at radius 2 is 1.35 bits per heavy atom. The van der Waals surface area contributed by atoms with Gasteiger partial charge in [-0.1, -0.05) is 86.9 Å². The molecule has 0 amide bonds. The third-order valence-corrected chi connectivity index (χ3v) is 2.86. The molecule has 0 bridgehead atoms. The molecule has 0 radical (unpaired) electrons. The lowest BCUT2D eigenvalue weighted by Gasteiger charge is -2.20. The quantitative estimate of drug-likeness (QED) is 0.682. The second-order valence-electron chi connectivity index (χ2n) is 7.74. The van der Waals surface area contributed by atoms with Crippen molar-refractivity contribution in [1.29, 1.82) is 0 Å². The smallest absolute Gasteiger partial charge is 0.0837 e. The highest BCUT2D eigenvalue weighted by molar-refractivity contribution is 6.59. The first kappa shape index (κ1) is 14.4. The average molecular weight is 228 g/mol. The maximum Gasteiger partial charge on any atom is 0.163 e. The third kappa shape index (κ3) is 5.48. The zero-order valence-corrected chi connectivity index (χ0v) is 12.6. The van der Waals surface area contributed by atoms with Crippen molar-refractivity contribution in [3.05, 3.63) is 23.8 Å². The summed E-state index contributed by atoms with van der Waals surface area (Å²) in [4.78, 5) is 0. The van der Waals surface area contributed by atoms with Gasteiger partial charge in [0.15, 0.2) is 14.6 Å². The van der Waals surface area contributed by atoms with Gasteiger partial charge in [0.1, 0.15) is 0 Å². The van der Waals surface area contributed by atoms with Crippen molar-refractivity contribution >= 4 is 25.5 Å². The van der Waals surface area contributed by atoms with Gasteiger partial charge in [-0.3, -0.25) is 0 Å². The van der Waals surface area contributed by atoms with E-state index in [4.69, 9.17) is 0 Å². The van der Waals surface area contributed by atoms with Crippen molar-refractivity contribution in [2.24, 2.45) is 0 Å². The Morgan fingerprint density at radius 1 is 0.824 bits per heavy atom. The fourth-order valence-corrected chi connectivity index (χ4v) is 2.25. The van der Waals surface area contributed by atoms with E-state index in [9.17, 15) is 0 Å². The molecule has 0 aliphatic heterocycles. The van der Waals surface area contributed by atoms with E-state index in [2.05, 4.69) is 66.7 Å². The summed E-state index contributed by atoms with van der Waals surface area (Å²) in [6.45, 7) is 16.0. The Balaban J connectivity index is 2.87. The zero-order valence-electron chi connectivity index (χ0n) is 12.6. The van der Waals surface area contributed by atoms with Crippen LogP contribution in [0.5, 0.6) is 0 Å². The van der Waals surface area contributed by atoms with E-state index in [0.29, 0.717) is 10.6 Å². The van der Waals surface area contributed by atoms with Crippen LogP contribution in [0, 0.1) is 6.92 Å². The van der Waals surface area contributed by atoms with Gasteiger partial charge in [-0.05, 0) is 6.92 Å². The molecule has 0 saturated heterocycles. The lowest BCUT2D eigenvalue weighted by Crippen LogP contribution is -2.30. The van der Waals surface area contributed by atoms with Gasteiger partial charge < -0.3 is 0 Å². The van der Waals surface area contributed by atoms with Gasteiger partial charge in [-0.2, -0.15) is 0 Å². The molecule has 0 aliphatic rings. The third-order valence-electron chi connectivity index (χ3n) is 2.86. The monoisotopic (exact) mass is 228 g/mol. The van der Waals surface area contributed by atoms with Gasteiger partial charge >= 0.3 is 0 Å². The van der Waals surface area contributed by atoms with Crippen LogP contribution in [0.25, 0.3) is 0 Å². The molecule has 1 rings (SSSR count). The maximum absolute atomic E-state index is 2.37. The predicted molar refractivity (Wildman–Crippen MR) is 84.2 cm³/mol. The Labute approximate surface area is 109 Å². The number of aryl methyl sites for hydroxylation is 1. The average Bonchev–Trinajstić information content (AvgIpc) is 2.05. The van der Waals surface area contributed by atoms with Crippen LogP contribution in [-0.2, 0) is 0 Å². The van der Waals surface area contributed by atoms with Crippen molar-refractivity contribution in [3.8, 4) is 0 Å². The fourth-order valence-electron chi connectivity index (χ4n) is 2.25. The molecule has 0 N–H and O–H groups in total. The second-order valence-corrected chi connectivity index (χ2v) is 7.74. The van der Waals surface area contributed by atoms with Gasteiger partial charge in [0.05, 0.1) is 0 Å². The minimum Gasteiger partial charge on any atom is -0.0837 e. The largest absolute Gasteiger partial charge is 0.163 e. The first-order valence-corrected chi connectivity index (χ1v) is 6.65. The molecule has 0 aliphatic carbocycles. The second kappa shape index (κ2) is 4.92. The number of hydrogen-bond acceptors (Lipinski definition) is 0. The van der Waals surface area contributed by atoms with E-state index in [1.165, 1.54) is 16.5 Å². The summed E-state index contributed by atoms with van der Waals surface area (Å²) < 4.78 is 0. The van der Waals surface area contributed by atoms with E-state index in [-0.39, 0.29) is 0 Å². The van der Waals surface area contributed by atoms with Crippen molar-refractivity contribution in [2.75, 3.05) is 0 Å². The molecule has 0 spiro atoms. The highest BCUT2D eigenvalue weighted by Gasteiger charge is 2.17. The normalized spacial score (nSPS) is 12.4. The van der Waals surface area contributed by atoms with E-state index >= 15 is 0 Å². The summed E-state index contributed by atoms with van der Waals surface area (Å²) in [6.07, 6.45) is 0. The van der Waals surface area contributed by atoms with Crippen molar-refractivity contribution in [3.63, 3.8) is 0 Å². The number of rotatable bonds is 2. The molecule has 1 aromatic rings. The van der Waals surface area contributed by atoms with Gasteiger partial charge in [0, 0.05) is 0 Å². The van der Waals surface area contributed by atoms with Crippen molar-refractivity contribution in [1.82, 2.24) is 0 Å². The highest BCUT2D eigenvalue weighted by atomic mass is 14.0. The molecule has 92 valence electrons. The Kier molecular flexibility index (Phi) is 4.17. The van der Waals surface area contributed by atoms with Crippen LogP contribution < -0.4 is 10.9 Å². The van der Waals surface area contributed by atoms with Crippen LogP contribution in [0.1, 0.15) is 47.1 Å². The lowest BCUT2D eigenvalue weighted by molar-refractivity contribution is 0.758. The lowest BCUT2D eigenvalue weighted by atomic mass is 9.48. The van der Waals surface area contributed by atoms with Crippen LogP contribution >= 0.6 is 0 Å². The van der Waals surface area contributed by atoms with E-state index in [0.717, 1.165) is 14.6 Å². The summed E-state index contributed by atoms with van der Waals surface area (Å²) >= 11 is 0. The maximum atomic E-state index is 2.37. The number of benzene rings is 1. The molecule has 1 aromatic carbocycles. The molecule has 0 aromatic heterocycles. The molecule has 0 fully saturated rings. The summed E-state index contributed by atoms with van der Waals surface area (Å²) in [6, 6.07) is 6.99. The highest BCUT2D eigenvalue weighted by Crippen LogP contribution is 2.21. The minimum absolute atomic E-state index is 0.371. The first-order valence-electron chi connectivity index (χ1n) is 6.65. The molecule has 0 atom stereocenters. The van der Waals surface area contributed by atoms with E-state index in [1.807, 2.05) is 0 Å².